The second kappa shape index (κ2) is 8.02. The minimum Gasteiger partial charge on any atom is -0.361 e. The summed E-state index contributed by atoms with van der Waals surface area (Å²) in [5, 5.41) is 4.86. The molecule has 0 radical (unpaired) electrons. The quantitative estimate of drug-likeness (QED) is 0.653. The van der Waals surface area contributed by atoms with Crippen molar-refractivity contribution in [3.63, 3.8) is 0 Å². The van der Waals surface area contributed by atoms with Crippen molar-refractivity contribution in [1.82, 2.24) is 10.3 Å². The highest BCUT2D eigenvalue weighted by Crippen LogP contribution is 2.22. The van der Waals surface area contributed by atoms with E-state index in [1.54, 1.807) is 0 Å². The number of aryl methyl sites for hydroxylation is 1. The largest absolute Gasteiger partial charge is 0.361 e. The van der Waals surface area contributed by atoms with Crippen LogP contribution < -0.4 is 5.32 Å². The van der Waals surface area contributed by atoms with Gasteiger partial charge >= 0.3 is 0 Å². The summed E-state index contributed by atoms with van der Waals surface area (Å²) in [7, 11) is 0. The molecule has 2 aromatic carbocycles. The van der Waals surface area contributed by atoms with Gasteiger partial charge in [-0.25, -0.2) is 0 Å². The Kier molecular flexibility index (Phi) is 5.55. The number of aromatic nitrogens is 1. The lowest BCUT2D eigenvalue weighted by molar-refractivity contribution is -0.121. The zero-order valence-electron chi connectivity index (χ0n) is 13.5. The normalized spacial score (nSPS) is 10.9. The fraction of sp³-hybridized carbons (Fsp3) is 0.250. The average Bonchev–Trinajstić information content (AvgIpc) is 2.98. The minimum atomic E-state index is 0.115. The van der Waals surface area contributed by atoms with Gasteiger partial charge in [0.15, 0.2) is 0 Å². The van der Waals surface area contributed by atoms with Gasteiger partial charge in [-0.15, -0.1) is 0 Å². The summed E-state index contributed by atoms with van der Waals surface area (Å²) in [6.45, 7) is 0.642. The Labute approximate surface area is 147 Å². The summed E-state index contributed by atoms with van der Waals surface area (Å²) in [6.07, 6.45) is 5.16. The Hall–Kier alpha value is -2.26. The third-order valence-corrected chi connectivity index (χ3v) is 4.39. The standard InChI is InChI=1S/C20H21ClN2O/c21-17-9-10-19-18(13-17)16(14-23-19)11-12-22-20(24)8-4-7-15-5-2-1-3-6-15/h1-3,5-6,9-10,13-14,23H,4,7-8,11-12H2,(H,22,24). The molecule has 3 aromatic rings. The number of nitrogens with one attached hydrogen (secondary N) is 2. The molecule has 0 saturated heterocycles. The molecule has 3 rings (SSSR count). The maximum atomic E-state index is 11.9. The molecule has 0 aliphatic carbocycles. The smallest absolute Gasteiger partial charge is 0.220 e. The highest BCUT2D eigenvalue weighted by molar-refractivity contribution is 6.31. The third kappa shape index (κ3) is 4.39. The molecule has 1 heterocycles. The second-order valence-electron chi connectivity index (χ2n) is 5.94. The lowest BCUT2D eigenvalue weighted by Gasteiger charge is -2.05. The van der Waals surface area contributed by atoms with Gasteiger partial charge < -0.3 is 10.3 Å². The Morgan fingerprint density at radius 3 is 2.75 bits per heavy atom. The fourth-order valence-corrected chi connectivity index (χ4v) is 3.05. The zero-order chi connectivity index (χ0) is 16.8. The highest BCUT2D eigenvalue weighted by atomic mass is 35.5. The molecule has 1 amide bonds. The van der Waals surface area contributed by atoms with Crippen molar-refractivity contribution in [2.45, 2.75) is 25.7 Å². The summed E-state index contributed by atoms with van der Waals surface area (Å²) in [5.74, 6) is 0.115. The number of aromatic amines is 1. The molecule has 0 atom stereocenters. The van der Waals surface area contributed by atoms with E-state index in [0.717, 1.165) is 35.2 Å². The second-order valence-corrected chi connectivity index (χ2v) is 6.38. The van der Waals surface area contributed by atoms with Crippen LogP contribution in [0.3, 0.4) is 0 Å². The summed E-state index contributed by atoms with van der Waals surface area (Å²) >= 11 is 6.06. The number of amides is 1. The van der Waals surface area contributed by atoms with E-state index in [9.17, 15) is 4.79 Å². The maximum absolute atomic E-state index is 11.9. The summed E-state index contributed by atoms with van der Waals surface area (Å²) < 4.78 is 0. The van der Waals surface area contributed by atoms with E-state index in [1.807, 2.05) is 42.6 Å². The molecular weight excluding hydrogens is 320 g/mol. The number of hydrogen-bond donors (Lipinski definition) is 2. The van der Waals surface area contributed by atoms with Crippen molar-refractivity contribution in [2.75, 3.05) is 6.54 Å². The van der Waals surface area contributed by atoms with Crippen molar-refractivity contribution in [1.29, 1.82) is 0 Å². The van der Waals surface area contributed by atoms with Crippen LogP contribution in [0.1, 0.15) is 24.0 Å². The van der Waals surface area contributed by atoms with E-state index in [0.29, 0.717) is 13.0 Å². The predicted octanol–water partition coefficient (Wildman–Crippen LogP) is 4.50. The molecule has 0 unspecified atom stereocenters. The first kappa shape index (κ1) is 16.6. The molecule has 0 spiro atoms. The Bertz CT molecular complexity index is 811. The Morgan fingerprint density at radius 2 is 1.92 bits per heavy atom. The molecular formula is C20H21ClN2O. The number of carbonyl (C=O) groups excluding carboxylic acids is 1. The fourth-order valence-electron chi connectivity index (χ4n) is 2.88. The lowest BCUT2D eigenvalue weighted by Crippen LogP contribution is -2.25. The molecule has 4 heteroatoms. The van der Waals surface area contributed by atoms with Crippen LogP contribution in [0.15, 0.2) is 54.7 Å². The van der Waals surface area contributed by atoms with Gasteiger partial charge in [0, 0.05) is 35.1 Å². The monoisotopic (exact) mass is 340 g/mol. The van der Waals surface area contributed by atoms with Crippen LogP contribution in [0, 0.1) is 0 Å². The minimum absolute atomic E-state index is 0.115. The molecule has 0 bridgehead atoms. The molecule has 124 valence electrons. The average molecular weight is 341 g/mol. The number of carbonyl (C=O) groups is 1. The number of benzene rings is 2. The summed E-state index contributed by atoms with van der Waals surface area (Å²) in [5.41, 5.74) is 3.53. The number of hydrogen-bond acceptors (Lipinski definition) is 1. The summed E-state index contributed by atoms with van der Waals surface area (Å²) in [6, 6.07) is 16.1. The van der Waals surface area contributed by atoms with Crippen molar-refractivity contribution < 1.29 is 4.79 Å². The van der Waals surface area contributed by atoms with E-state index in [-0.39, 0.29) is 5.91 Å². The Morgan fingerprint density at radius 1 is 1.08 bits per heavy atom. The molecule has 0 fully saturated rings. The number of rotatable bonds is 7. The van der Waals surface area contributed by atoms with Crippen LogP contribution in [0.2, 0.25) is 5.02 Å². The molecule has 0 aliphatic heterocycles. The summed E-state index contributed by atoms with van der Waals surface area (Å²) in [4.78, 5) is 15.2. The van der Waals surface area contributed by atoms with Crippen molar-refractivity contribution >= 4 is 28.4 Å². The zero-order valence-corrected chi connectivity index (χ0v) is 14.3. The van der Waals surface area contributed by atoms with Gasteiger partial charge in [-0.2, -0.15) is 0 Å². The van der Waals surface area contributed by atoms with Crippen molar-refractivity contribution in [3.8, 4) is 0 Å². The van der Waals surface area contributed by atoms with Crippen LogP contribution in [0.4, 0.5) is 0 Å². The topological polar surface area (TPSA) is 44.9 Å². The van der Waals surface area contributed by atoms with Gasteiger partial charge in [-0.3, -0.25) is 4.79 Å². The molecule has 0 saturated carbocycles. The van der Waals surface area contributed by atoms with Crippen LogP contribution in [-0.4, -0.2) is 17.4 Å². The molecule has 24 heavy (non-hydrogen) atoms. The van der Waals surface area contributed by atoms with Crippen molar-refractivity contribution in [3.05, 3.63) is 70.9 Å². The van der Waals surface area contributed by atoms with E-state index in [4.69, 9.17) is 11.6 Å². The lowest BCUT2D eigenvalue weighted by atomic mass is 10.1. The van der Waals surface area contributed by atoms with Gasteiger partial charge in [0.2, 0.25) is 5.91 Å². The molecule has 3 nitrogen and oxygen atoms in total. The molecule has 1 aromatic heterocycles. The van der Waals surface area contributed by atoms with Crippen LogP contribution >= 0.6 is 11.6 Å². The highest BCUT2D eigenvalue weighted by Gasteiger charge is 2.06. The van der Waals surface area contributed by atoms with Crippen LogP contribution in [0.25, 0.3) is 10.9 Å². The predicted molar refractivity (Wildman–Crippen MR) is 99.4 cm³/mol. The first-order valence-corrected chi connectivity index (χ1v) is 8.66. The maximum Gasteiger partial charge on any atom is 0.220 e. The van der Waals surface area contributed by atoms with Gasteiger partial charge in [0.05, 0.1) is 0 Å². The third-order valence-electron chi connectivity index (χ3n) is 4.16. The number of halogens is 1. The van der Waals surface area contributed by atoms with E-state index < -0.39 is 0 Å². The van der Waals surface area contributed by atoms with E-state index in [1.165, 1.54) is 11.1 Å². The number of H-pyrrole nitrogens is 1. The first-order chi connectivity index (χ1) is 11.7. The van der Waals surface area contributed by atoms with E-state index >= 15 is 0 Å². The van der Waals surface area contributed by atoms with Crippen LogP contribution in [0.5, 0.6) is 0 Å². The van der Waals surface area contributed by atoms with Gasteiger partial charge in [0.1, 0.15) is 0 Å². The van der Waals surface area contributed by atoms with E-state index in [2.05, 4.69) is 22.4 Å². The SMILES string of the molecule is O=C(CCCc1ccccc1)NCCc1c[nH]c2ccc(Cl)cc12. The van der Waals surface area contributed by atoms with Crippen molar-refractivity contribution in [2.24, 2.45) is 0 Å². The van der Waals surface area contributed by atoms with Gasteiger partial charge in [-0.05, 0) is 48.6 Å². The Balaban J connectivity index is 1.42. The first-order valence-electron chi connectivity index (χ1n) is 8.28. The van der Waals surface area contributed by atoms with Gasteiger partial charge in [0.25, 0.3) is 0 Å². The van der Waals surface area contributed by atoms with Crippen LogP contribution in [-0.2, 0) is 17.6 Å². The van der Waals surface area contributed by atoms with Gasteiger partial charge in [-0.1, -0.05) is 41.9 Å². The molecule has 2 N–H and O–H groups in total. The number of fused-ring (bicyclic) bond motifs is 1. The molecule has 0 aliphatic rings.